The van der Waals surface area contributed by atoms with Crippen molar-refractivity contribution < 1.29 is 19.2 Å². The second-order valence-corrected chi connectivity index (χ2v) is 8.58. The second-order valence-electron chi connectivity index (χ2n) is 8.58. The van der Waals surface area contributed by atoms with Crippen molar-refractivity contribution >= 4 is 23.6 Å². The van der Waals surface area contributed by atoms with Crippen LogP contribution in [-0.4, -0.2) is 58.1 Å². The number of carbonyl (C=O) groups is 4. The highest BCUT2D eigenvalue weighted by Gasteiger charge is 2.54. The number of amides is 4. The molecule has 2 aromatic rings. The van der Waals surface area contributed by atoms with Gasteiger partial charge in [0.2, 0.25) is 17.7 Å². The summed E-state index contributed by atoms with van der Waals surface area (Å²) in [6.07, 6.45) is 0.950. The first kappa shape index (κ1) is 22.5. The van der Waals surface area contributed by atoms with E-state index in [2.05, 4.69) is 5.32 Å². The number of rotatable bonds is 6. The molecule has 2 heterocycles. The van der Waals surface area contributed by atoms with Gasteiger partial charge >= 0.3 is 0 Å². The standard InChI is InChI=1S/C25H28N4O4/c26-22(31)20-11-12-21(30)29(20)25(24(33)27-17-18-7-3-1-4-8-18)13-15-28(16-14-25)23(32)19-9-5-2-6-10-19/h1-10,20H,11-17H2,(H2,26,31)(H,27,33)/t20-/m0/s1. The average molecular weight is 449 g/mol. The number of nitrogens with one attached hydrogen (secondary N) is 1. The van der Waals surface area contributed by atoms with Gasteiger partial charge in [0.25, 0.3) is 5.91 Å². The van der Waals surface area contributed by atoms with E-state index < -0.39 is 17.5 Å². The van der Waals surface area contributed by atoms with Crippen molar-refractivity contribution in [2.24, 2.45) is 5.73 Å². The first-order valence-corrected chi connectivity index (χ1v) is 11.2. The molecule has 3 N–H and O–H groups in total. The number of primary amides is 1. The molecule has 0 aromatic heterocycles. The van der Waals surface area contributed by atoms with Crippen LogP contribution < -0.4 is 11.1 Å². The van der Waals surface area contributed by atoms with E-state index in [9.17, 15) is 19.2 Å². The minimum Gasteiger partial charge on any atom is -0.368 e. The Morgan fingerprint density at radius 3 is 2.18 bits per heavy atom. The van der Waals surface area contributed by atoms with Crippen LogP contribution in [0.1, 0.15) is 41.6 Å². The Morgan fingerprint density at radius 2 is 1.58 bits per heavy atom. The number of nitrogens with zero attached hydrogens (tertiary/aromatic N) is 2. The third-order valence-electron chi connectivity index (χ3n) is 6.62. The van der Waals surface area contributed by atoms with E-state index in [-0.39, 0.29) is 37.0 Å². The van der Waals surface area contributed by atoms with Crippen LogP contribution in [0.25, 0.3) is 0 Å². The van der Waals surface area contributed by atoms with Gasteiger partial charge in [-0.1, -0.05) is 48.5 Å². The first-order valence-electron chi connectivity index (χ1n) is 11.2. The summed E-state index contributed by atoms with van der Waals surface area (Å²) in [5.41, 5.74) is 5.88. The molecule has 33 heavy (non-hydrogen) atoms. The van der Waals surface area contributed by atoms with Crippen molar-refractivity contribution in [2.45, 2.75) is 43.8 Å². The summed E-state index contributed by atoms with van der Waals surface area (Å²) in [6, 6.07) is 17.6. The normalized spacial score (nSPS) is 19.9. The van der Waals surface area contributed by atoms with E-state index in [0.29, 0.717) is 31.6 Å². The van der Waals surface area contributed by atoms with E-state index in [1.807, 2.05) is 36.4 Å². The van der Waals surface area contributed by atoms with Crippen LogP contribution in [-0.2, 0) is 20.9 Å². The predicted octanol–water partition coefficient (Wildman–Crippen LogP) is 1.45. The molecule has 0 saturated carbocycles. The molecule has 2 aliphatic rings. The molecule has 8 heteroatoms. The number of likely N-dealkylation sites (tertiary alicyclic amines) is 2. The summed E-state index contributed by atoms with van der Waals surface area (Å²) >= 11 is 0. The zero-order valence-electron chi connectivity index (χ0n) is 18.4. The fraction of sp³-hybridized carbons (Fsp3) is 0.360. The summed E-state index contributed by atoms with van der Waals surface area (Å²) in [4.78, 5) is 54.6. The molecular weight excluding hydrogens is 420 g/mol. The highest BCUT2D eigenvalue weighted by molar-refractivity contribution is 5.98. The summed E-state index contributed by atoms with van der Waals surface area (Å²) in [7, 11) is 0. The van der Waals surface area contributed by atoms with Crippen LogP contribution in [0.5, 0.6) is 0 Å². The molecule has 4 amide bonds. The molecule has 1 atom stereocenters. The van der Waals surface area contributed by atoms with Crippen LogP contribution in [0.3, 0.4) is 0 Å². The van der Waals surface area contributed by atoms with Crippen LogP contribution in [0, 0.1) is 0 Å². The quantitative estimate of drug-likeness (QED) is 0.696. The molecule has 172 valence electrons. The van der Waals surface area contributed by atoms with Gasteiger partial charge in [-0.3, -0.25) is 19.2 Å². The van der Waals surface area contributed by atoms with Crippen molar-refractivity contribution in [3.8, 4) is 0 Å². The van der Waals surface area contributed by atoms with E-state index in [1.165, 1.54) is 4.90 Å². The lowest BCUT2D eigenvalue weighted by Crippen LogP contribution is -2.67. The zero-order valence-corrected chi connectivity index (χ0v) is 18.4. The smallest absolute Gasteiger partial charge is 0.253 e. The maximum absolute atomic E-state index is 13.6. The SMILES string of the molecule is NC(=O)[C@@H]1CCC(=O)N1C1(C(=O)NCc2ccccc2)CCN(C(=O)c2ccccc2)CC1. The summed E-state index contributed by atoms with van der Waals surface area (Å²) in [5, 5.41) is 2.95. The largest absolute Gasteiger partial charge is 0.368 e. The minimum absolute atomic E-state index is 0.118. The molecule has 0 aliphatic carbocycles. The number of hydrogen-bond acceptors (Lipinski definition) is 4. The minimum atomic E-state index is -1.23. The van der Waals surface area contributed by atoms with Gasteiger partial charge < -0.3 is 20.9 Å². The molecule has 0 radical (unpaired) electrons. The lowest BCUT2D eigenvalue weighted by atomic mass is 9.83. The fourth-order valence-corrected chi connectivity index (χ4v) is 4.85. The summed E-state index contributed by atoms with van der Waals surface area (Å²) in [6.45, 7) is 0.890. The molecule has 0 spiro atoms. The van der Waals surface area contributed by atoms with Gasteiger partial charge in [-0.15, -0.1) is 0 Å². The van der Waals surface area contributed by atoms with Crippen LogP contribution in [0.15, 0.2) is 60.7 Å². The number of hydrogen-bond donors (Lipinski definition) is 2. The van der Waals surface area contributed by atoms with Gasteiger partial charge in [-0.2, -0.15) is 0 Å². The van der Waals surface area contributed by atoms with Crippen LogP contribution in [0.2, 0.25) is 0 Å². The third-order valence-corrected chi connectivity index (χ3v) is 6.62. The Labute approximate surface area is 192 Å². The Hall–Kier alpha value is -3.68. The van der Waals surface area contributed by atoms with E-state index in [4.69, 9.17) is 5.73 Å². The number of nitrogens with two attached hydrogens (primary N) is 1. The van der Waals surface area contributed by atoms with Crippen molar-refractivity contribution in [3.63, 3.8) is 0 Å². The Balaban J connectivity index is 1.57. The maximum atomic E-state index is 13.6. The summed E-state index contributed by atoms with van der Waals surface area (Å²) in [5.74, 6) is -1.30. The molecule has 2 fully saturated rings. The van der Waals surface area contributed by atoms with Crippen molar-refractivity contribution in [1.82, 2.24) is 15.1 Å². The lowest BCUT2D eigenvalue weighted by Gasteiger charge is -2.47. The predicted molar refractivity (Wildman–Crippen MR) is 122 cm³/mol. The van der Waals surface area contributed by atoms with Crippen LogP contribution in [0.4, 0.5) is 0 Å². The molecular formula is C25H28N4O4. The van der Waals surface area contributed by atoms with Crippen molar-refractivity contribution in [3.05, 3.63) is 71.8 Å². The Bertz CT molecular complexity index is 1030. The van der Waals surface area contributed by atoms with Gasteiger partial charge in [0, 0.05) is 31.6 Å². The molecule has 0 bridgehead atoms. The molecule has 2 aliphatic heterocycles. The topological polar surface area (TPSA) is 113 Å². The molecule has 2 aromatic carbocycles. The van der Waals surface area contributed by atoms with E-state index >= 15 is 0 Å². The van der Waals surface area contributed by atoms with Crippen molar-refractivity contribution in [2.75, 3.05) is 13.1 Å². The van der Waals surface area contributed by atoms with Gasteiger partial charge in [-0.25, -0.2) is 0 Å². The first-order chi connectivity index (χ1) is 15.9. The van der Waals surface area contributed by atoms with E-state index in [0.717, 1.165) is 5.56 Å². The van der Waals surface area contributed by atoms with Crippen LogP contribution >= 0.6 is 0 Å². The lowest BCUT2D eigenvalue weighted by molar-refractivity contribution is -0.153. The molecule has 2 saturated heterocycles. The fourth-order valence-electron chi connectivity index (χ4n) is 4.85. The van der Waals surface area contributed by atoms with E-state index in [1.54, 1.807) is 29.2 Å². The highest BCUT2D eigenvalue weighted by Crippen LogP contribution is 2.36. The van der Waals surface area contributed by atoms with Gasteiger partial charge in [0.15, 0.2) is 0 Å². The highest BCUT2D eigenvalue weighted by atomic mass is 16.2. The second kappa shape index (κ2) is 9.44. The summed E-state index contributed by atoms with van der Waals surface area (Å²) < 4.78 is 0. The number of piperidine rings is 1. The number of carbonyl (C=O) groups excluding carboxylic acids is 4. The molecule has 8 nitrogen and oxygen atoms in total. The van der Waals surface area contributed by atoms with Gasteiger partial charge in [-0.05, 0) is 37.0 Å². The maximum Gasteiger partial charge on any atom is 0.253 e. The molecule has 4 rings (SSSR count). The number of benzene rings is 2. The van der Waals surface area contributed by atoms with Crippen molar-refractivity contribution in [1.29, 1.82) is 0 Å². The monoisotopic (exact) mass is 448 g/mol. The average Bonchev–Trinajstić information content (AvgIpc) is 3.25. The third kappa shape index (κ3) is 4.46. The Kier molecular flexibility index (Phi) is 6.44. The zero-order chi connectivity index (χ0) is 23.4. The van der Waals surface area contributed by atoms with Gasteiger partial charge in [0.1, 0.15) is 11.6 Å². The molecule has 0 unspecified atom stereocenters. The Morgan fingerprint density at radius 1 is 0.970 bits per heavy atom. The van der Waals surface area contributed by atoms with Gasteiger partial charge in [0.05, 0.1) is 0 Å².